The molecule has 4 nitrogen and oxygen atoms in total. The van der Waals surface area contributed by atoms with E-state index in [9.17, 15) is 13.2 Å². The van der Waals surface area contributed by atoms with E-state index in [0.717, 1.165) is 6.26 Å². The molecule has 0 spiro atoms. The Kier molecular flexibility index (Phi) is 5.03. The summed E-state index contributed by atoms with van der Waals surface area (Å²) in [5.74, 6) is -0.0579. The molecular weight excluding hydrogens is 250 g/mol. The highest BCUT2D eigenvalue weighted by Gasteiger charge is 2.49. The second kappa shape index (κ2) is 5.19. The summed E-state index contributed by atoms with van der Waals surface area (Å²) in [6.07, 6.45) is 1.01. The number of carbonyl (C=O) groups is 1. The molecule has 5 heteroatoms. The first-order chi connectivity index (χ1) is 7.73. The first kappa shape index (κ1) is 17.4. The molecule has 0 fully saturated rings. The number of nitrogens with one attached hydrogen (secondary N) is 1. The summed E-state index contributed by atoms with van der Waals surface area (Å²) in [6, 6.07) is 0. The van der Waals surface area contributed by atoms with Crippen molar-refractivity contribution < 1.29 is 13.2 Å². The average molecular weight is 277 g/mol. The molecule has 0 aliphatic carbocycles. The van der Waals surface area contributed by atoms with Gasteiger partial charge < -0.3 is 0 Å². The predicted octanol–water partition coefficient (Wildman–Crippen LogP) is 2.41. The van der Waals surface area contributed by atoms with E-state index in [4.69, 9.17) is 0 Å². The van der Waals surface area contributed by atoms with E-state index in [1.54, 1.807) is 0 Å². The predicted molar refractivity (Wildman–Crippen MR) is 74.6 cm³/mol. The molecule has 0 bridgehead atoms. The summed E-state index contributed by atoms with van der Waals surface area (Å²) in [4.78, 5) is 12.4. The highest BCUT2D eigenvalue weighted by atomic mass is 32.2. The standard InChI is InChI=1S/C13H27NO3S/c1-9(2)10(3)13(7,12(4,5)6)11(15)14-18(8,16)17/h9-10H,1-8H3,(H,14,15). The monoisotopic (exact) mass is 277 g/mol. The van der Waals surface area contributed by atoms with Crippen molar-refractivity contribution in [3.63, 3.8) is 0 Å². The molecule has 0 aliphatic heterocycles. The maximum atomic E-state index is 12.4. The summed E-state index contributed by atoms with van der Waals surface area (Å²) in [5, 5.41) is 0. The van der Waals surface area contributed by atoms with E-state index < -0.39 is 21.3 Å². The number of sulfonamides is 1. The van der Waals surface area contributed by atoms with Crippen LogP contribution in [0.1, 0.15) is 48.5 Å². The smallest absolute Gasteiger partial charge is 0.240 e. The van der Waals surface area contributed by atoms with E-state index >= 15 is 0 Å². The Balaban J connectivity index is 5.58. The molecule has 0 rings (SSSR count). The fourth-order valence-corrected chi connectivity index (χ4v) is 2.72. The van der Waals surface area contributed by atoms with Crippen LogP contribution in [0.15, 0.2) is 0 Å². The topological polar surface area (TPSA) is 63.2 Å². The Morgan fingerprint density at radius 3 is 1.67 bits per heavy atom. The van der Waals surface area contributed by atoms with Crippen LogP contribution >= 0.6 is 0 Å². The van der Waals surface area contributed by atoms with E-state index in [0.29, 0.717) is 5.92 Å². The van der Waals surface area contributed by atoms with E-state index in [1.165, 1.54) is 0 Å². The molecule has 1 amide bonds. The SMILES string of the molecule is CC(C)C(C)C(C)(C(=O)NS(C)(=O)=O)C(C)(C)C. The van der Waals surface area contributed by atoms with Crippen LogP contribution in [0.5, 0.6) is 0 Å². The second-order valence-corrected chi connectivity index (χ2v) is 8.44. The van der Waals surface area contributed by atoms with Crippen molar-refractivity contribution >= 4 is 15.9 Å². The number of hydrogen-bond acceptors (Lipinski definition) is 3. The van der Waals surface area contributed by atoms with Gasteiger partial charge in [0.1, 0.15) is 0 Å². The average Bonchev–Trinajstić information content (AvgIpc) is 2.10. The highest BCUT2D eigenvalue weighted by molar-refractivity contribution is 7.89. The zero-order valence-corrected chi connectivity index (χ0v) is 13.6. The third-order valence-electron chi connectivity index (χ3n) is 4.22. The molecule has 18 heavy (non-hydrogen) atoms. The zero-order valence-electron chi connectivity index (χ0n) is 12.8. The molecule has 2 atom stereocenters. The third-order valence-corrected chi connectivity index (χ3v) is 4.77. The summed E-state index contributed by atoms with van der Waals surface area (Å²) in [5.41, 5.74) is -1.07. The molecule has 0 heterocycles. The third kappa shape index (κ3) is 3.70. The number of carbonyl (C=O) groups excluding carboxylic acids is 1. The summed E-state index contributed by atoms with van der Waals surface area (Å²) in [6.45, 7) is 13.8. The Hall–Kier alpha value is -0.580. The minimum absolute atomic E-state index is 0.0687. The lowest BCUT2D eigenvalue weighted by molar-refractivity contribution is -0.140. The maximum absolute atomic E-state index is 12.4. The fourth-order valence-electron chi connectivity index (χ4n) is 2.17. The molecular formula is C13H27NO3S. The zero-order chi connectivity index (χ0) is 14.9. The van der Waals surface area contributed by atoms with Crippen molar-refractivity contribution in [2.45, 2.75) is 48.5 Å². The first-order valence-electron chi connectivity index (χ1n) is 6.25. The molecule has 0 aliphatic rings. The maximum Gasteiger partial charge on any atom is 0.240 e. The molecule has 0 saturated carbocycles. The molecule has 2 unspecified atom stereocenters. The van der Waals surface area contributed by atoms with Crippen LogP contribution in [0.4, 0.5) is 0 Å². The Morgan fingerprint density at radius 2 is 1.44 bits per heavy atom. The summed E-state index contributed by atoms with van der Waals surface area (Å²) < 4.78 is 24.7. The quantitative estimate of drug-likeness (QED) is 0.858. The van der Waals surface area contributed by atoms with Crippen LogP contribution < -0.4 is 4.72 Å². The van der Waals surface area contributed by atoms with E-state index in [-0.39, 0.29) is 11.3 Å². The van der Waals surface area contributed by atoms with Crippen LogP contribution in [0, 0.1) is 22.7 Å². The number of rotatable bonds is 4. The van der Waals surface area contributed by atoms with Crippen molar-refractivity contribution in [3.8, 4) is 0 Å². The molecule has 0 aromatic rings. The fraction of sp³-hybridized carbons (Fsp3) is 0.923. The number of hydrogen-bond donors (Lipinski definition) is 1. The Morgan fingerprint density at radius 1 is 1.06 bits per heavy atom. The van der Waals surface area contributed by atoms with Crippen molar-refractivity contribution in [2.75, 3.05) is 6.26 Å². The highest BCUT2D eigenvalue weighted by Crippen LogP contribution is 2.47. The largest absolute Gasteiger partial charge is 0.273 e. The van der Waals surface area contributed by atoms with E-state index in [2.05, 4.69) is 4.72 Å². The minimum Gasteiger partial charge on any atom is -0.273 e. The molecule has 0 aromatic carbocycles. The van der Waals surface area contributed by atoms with Crippen molar-refractivity contribution in [1.82, 2.24) is 4.72 Å². The molecule has 108 valence electrons. The summed E-state index contributed by atoms with van der Waals surface area (Å²) >= 11 is 0. The lowest BCUT2D eigenvalue weighted by Crippen LogP contribution is -2.53. The van der Waals surface area contributed by atoms with Gasteiger partial charge in [0.05, 0.1) is 11.7 Å². The lowest BCUT2D eigenvalue weighted by Gasteiger charge is -2.46. The van der Waals surface area contributed by atoms with Crippen LogP contribution in [0.25, 0.3) is 0 Å². The van der Waals surface area contributed by atoms with Gasteiger partial charge >= 0.3 is 0 Å². The van der Waals surface area contributed by atoms with Gasteiger partial charge in [-0.25, -0.2) is 8.42 Å². The lowest BCUT2D eigenvalue weighted by atomic mass is 9.58. The van der Waals surface area contributed by atoms with Crippen molar-refractivity contribution in [2.24, 2.45) is 22.7 Å². The van der Waals surface area contributed by atoms with Crippen LogP contribution in [-0.2, 0) is 14.8 Å². The molecule has 0 aromatic heterocycles. The van der Waals surface area contributed by atoms with Gasteiger partial charge in [0, 0.05) is 0 Å². The van der Waals surface area contributed by atoms with Gasteiger partial charge in [-0.05, 0) is 24.2 Å². The van der Waals surface area contributed by atoms with Gasteiger partial charge in [-0.1, -0.05) is 41.5 Å². The molecule has 0 saturated heterocycles. The van der Waals surface area contributed by atoms with Gasteiger partial charge in [0.25, 0.3) is 0 Å². The van der Waals surface area contributed by atoms with Crippen molar-refractivity contribution in [1.29, 1.82) is 0 Å². The van der Waals surface area contributed by atoms with Gasteiger partial charge in [-0.15, -0.1) is 0 Å². The minimum atomic E-state index is -3.53. The Labute approximate surface area is 112 Å². The van der Waals surface area contributed by atoms with Crippen molar-refractivity contribution in [3.05, 3.63) is 0 Å². The summed E-state index contributed by atoms with van der Waals surface area (Å²) in [7, 11) is -3.53. The van der Waals surface area contributed by atoms with Gasteiger partial charge in [0.15, 0.2) is 0 Å². The number of amides is 1. The molecule has 1 N–H and O–H groups in total. The molecule has 0 radical (unpaired) electrons. The first-order valence-corrected chi connectivity index (χ1v) is 8.15. The van der Waals surface area contributed by atoms with Gasteiger partial charge in [-0.3, -0.25) is 9.52 Å². The van der Waals surface area contributed by atoms with Crippen LogP contribution in [-0.4, -0.2) is 20.6 Å². The Bertz CT molecular complexity index is 406. The van der Waals surface area contributed by atoms with Gasteiger partial charge in [0.2, 0.25) is 15.9 Å². The van der Waals surface area contributed by atoms with E-state index in [1.807, 2.05) is 48.5 Å². The van der Waals surface area contributed by atoms with Crippen LogP contribution in [0.2, 0.25) is 0 Å². The normalized spacial score (nSPS) is 18.3. The van der Waals surface area contributed by atoms with Crippen LogP contribution in [0.3, 0.4) is 0 Å². The van der Waals surface area contributed by atoms with Gasteiger partial charge in [-0.2, -0.15) is 0 Å². The second-order valence-electron chi connectivity index (χ2n) is 6.69.